The number of piperazine rings is 1. The first-order valence-electron chi connectivity index (χ1n) is 14.3. The van der Waals surface area contributed by atoms with Gasteiger partial charge in [-0.05, 0) is 49.9 Å². The molecule has 6 rings (SSSR count). The minimum absolute atomic E-state index is 0.0411. The van der Waals surface area contributed by atoms with Crippen molar-refractivity contribution >= 4 is 39.9 Å². The van der Waals surface area contributed by atoms with Crippen LogP contribution in [0.1, 0.15) is 34.3 Å². The smallest absolute Gasteiger partial charge is 0.337 e. The zero-order valence-electron chi connectivity index (χ0n) is 23.9. The van der Waals surface area contributed by atoms with Gasteiger partial charge < -0.3 is 24.6 Å². The molecule has 9 nitrogen and oxygen atoms in total. The number of likely N-dealkylation sites (N-methyl/N-ethyl adjacent to an activating group) is 1. The van der Waals surface area contributed by atoms with Gasteiger partial charge in [0.25, 0.3) is 0 Å². The van der Waals surface area contributed by atoms with E-state index in [1.54, 1.807) is 18.2 Å². The number of nitrogens with zero attached hydrogens (tertiary/aromatic N) is 4. The second-order valence-electron chi connectivity index (χ2n) is 11.0. The number of esters is 1. The van der Waals surface area contributed by atoms with Gasteiger partial charge in [0.15, 0.2) is 5.88 Å². The van der Waals surface area contributed by atoms with E-state index in [-0.39, 0.29) is 17.8 Å². The molecule has 0 bridgehead atoms. The summed E-state index contributed by atoms with van der Waals surface area (Å²) in [5.41, 5.74) is 4.51. The van der Waals surface area contributed by atoms with Gasteiger partial charge in [-0.25, -0.2) is 9.79 Å². The van der Waals surface area contributed by atoms with E-state index < -0.39 is 5.97 Å². The largest absolute Gasteiger partial charge is 0.494 e. The molecule has 1 aromatic heterocycles. The Morgan fingerprint density at radius 3 is 2.45 bits per heavy atom. The molecule has 0 aliphatic carbocycles. The number of anilines is 1. The number of aromatic amines is 1. The number of H-pyrrole nitrogens is 1. The zero-order chi connectivity index (χ0) is 29.2. The fourth-order valence-corrected chi connectivity index (χ4v) is 5.95. The minimum atomic E-state index is -0.452. The van der Waals surface area contributed by atoms with Crippen LogP contribution in [0.25, 0.3) is 10.9 Å². The van der Waals surface area contributed by atoms with Gasteiger partial charge in [0.05, 0.1) is 35.7 Å². The van der Waals surface area contributed by atoms with Gasteiger partial charge in [-0.15, -0.1) is 0 Å². The molecule has 2 aliphatic rings. The Kier molecular flexibility index (Phi) is 7.78. The van der Waals surface area contributed by atoms with Crippen molar-refractivity contribution in [3.8, 4) is 5.88 Å². The number of nitrogens with one attached hydrogen (secondary N) is 1. The quantitative estimate of drug-likeness (QED) is 0.252. The molecule has 4 aromatic rings. The SMILES string of the molecule is COC(=O)c1ccc2c(C(=Nc3ccc(N4C(=O)CC[C@H]4CN4CCN(C)CC4)cc3)c3ccccc3)c(O)[nH]c2c1. The van der Waals surface area contributed by atoms with Crippen LogP contribution in [-0.4, -0.2) is 90.4 Å². The normalized spacial score (nSPS) is 18.6. The number of aliphatic imine (C=N–C) groups is 1. The van der Waals surface area contributed by atoms with E-state index >= 15 is 0 Å². The third kappa shape index (κ3) is 5.53. The zero-order valence-corrected chi connectivity index (χ0v) is 23.9. The van der Waals surface area contributed by atoms with Crippen molar-refractivity contribution in [1.29, 1.82) is 0 Å². The maximum Gasteiger partial charge on any atom is 0.337 e. The molecule has 0 radical (unpaired) electrons. The maximum absolute atomic E-state index is 12.9. The fourth-order valence-electron chi connectivity index (χ4n) is 5.95. The molecule has 42 heavy (non-hydrogen) atoms. The Bertz CT molecular complexity index is 1620. The van der Waals surface area contributed by atoms with Gasteiger partial charge >= 0.3 is 5.97 Å². The monoisotopic (exact) mass is 565 g/mol. The maximum atomic E-state index is 12.9. The predicted molar refractivity (Wildman–Crippen MR) is 164 cm³/mol. The molecule has 1 atom stereocenters. The van der Waals surface area contributed by atoms with E-state index in [0.717, 1.165) is 55.8 Å². The lowest BCUT2D eigenvalue weighted by Crippen LogP contribution is -2.49. The van der Waals surface area contributed by atoms with Crippen molar-refractivity contribution in [2.45, 2.75) is 18.9 Å². The number of hydrogen-bond acceptors (Lipinski definition) is 7. The Hall–Kier alpha value is -4.47. The third-order valence-corrected chi connectivity index (χ3v) is 8.24. The summed E-state index contributed by atoms with van der Waals surface area (Å²) in [5, 5.41) is 11.8. The molecule has 0 saturated carbocycles. The molecule has 1 amide bonds. The van der Waals surface area contributed by atoms with Gasteiger partial charge in [-0.2, -0.15) is 0 Å². The Labute approximate surface area is 245 Å². The molecular weight excluding hydrogens is 530 g/mol. The standard InChI is InChI=1S/C33H35N5O4/c1-36-16-18-37(19-17-36)21-26-13-15-29(39)38(26)25-11-9-24(10-12-25)34-31(22-6-4-3-5-7-22)30-27-14-8-23(33(41)42-2)20-28(27)35-32(30)40/h3-12,14,20,26,35,40H,13,15-19,21H2,1-2H3/t26-/m0/s1. The molecule has 0 unspecified atom stereocenters. The van der Waals surface area contributed by atoms with Gasteiger partial charge in [-0.1, -0.05) is 36.4 Å². The van der Waals surface area contributed by atoms with Crippen LogP contribution in [0.15, 0.2) is 77.8 Å². The number of aromatic nitrogens is 1. The Balaban J connectivity index is 1.32. The highest BCUT2D eigenvalue weighted by molar-refractivity contribution is 6.22. The fraction of sp³-hybridized carbons (Fsp3) is 0.303. The number of aromatic hydroxyl groups is 1. The van der Waals surface area contributed by atoms with Gasteiger partial charge in [0.2, 0.25) is 5.91 Å². The summed E-state index contributed by atoms with van der Waals surface area (Å²) in [7, 11) is 3.49. The number of carbonyl (C=O) groups is 2. The lowest BCUT2D eigenvalue weighted by atomic mass is 10.00. The first-order chi connectivity index (χ1) is 20.4. The number of rotatable bonds is 7. The second kappa shape index (κ2) is 11.8. The van der Waals surface area contributed by atoms with E-state index in [2.05, 4.69) is 21.8 Å². The molecule has 2 N–H and O–H groups in total. The predicted octanol–water partition coefficient (Wildman–Crippen LogP) is 4.57. The van der Waals surface area contributed by atoms with Crippen molar-refractivity contribution in [2.75, 3.05) is 51.8 Å². The van der Waals surface area contributed by atoms with Gasteiger partial charge in [0, 0.05) is 61.3 Å². The van der Waals surface area contributed by atoms with Gasteiger partial charge in [0.1, 0.15) is 0 Å². The third-order valence-electron chi connectivity index (χ3n) is 8.24. The summed E-state index contributed by atoms with van der Waals surface area (Å²) in [6.07, 6.45) is 1.43. The highest BCUT2D eigenvalue weighted by Gasteiger charge is 2.33. The number of amides is 1. The van der Waals surface area contributed by atoms with Crippen LogP contribution in [0.5, 0.6) is 5.88 Å². The summed E-state index contributed by atoms with van der Waals surface area (Å²) >= 11 is 0. The lowest BCUT2D eigenvalue weighted by molar-refractivity contribution is -0.117. The summed E-state index contributed by atoms with van der Waals surface area (Å²) < 4.78 is 4.85. The molecule has 2 fully saturated rings. The van der Waals surface area contributed by atoms with E-state index in [0.29, 0.717) is 34.5 Å². The Morgan fingerprint density at radius 1 is 1.00 bits per heavy atom. The molecule has 0 spiro atoms. The van der Waals surface area contributed by atoms with Crippen LogP contribution in [0, 0.1) is 0 Å². The van der Waals surface area contributed by atoms with Crippen molar-refractivity contribution in [3.05, 3.63) is 89.5 Å². The highest BCUT2D eigenvalue weighted by atomic mass is 16.5. The topological polar surface area (TPSA) is 101 Å². The van der Waals surface area contributed by atoms with Crippen LogP contribution in [0.2, 0.25) is 0 Å². The van der Waals surface area contributed by atoms with Crippen LogP contribution < -0.4 is 4.90 Å². The van der Waals surface area contributed by atoms with Crippen LogP contribution in [0.4, 0.5) is 11.4 Å². The average molecular weight is 566 g/mol. The first kappa shape index (κ1) is 27.7. The minimum Gasteiger partial charge on any atom is -0.494 e. The van der Waals surface area contributed by atoms with E-state index in [9.17, 15) is 14.7 Å². The summed E-state index contributed by atoms with van der Waals surface area (Å²) in [5.74, 6) is -0.335. The summed E-state index contributed by atoms with van der Waals surface area (Å²) in [6, 6.07) is 22.7. The van der Waals surface area contributed by atoms with Crippen molar-refractivity contribution in [1.82, 2.24) is 14.8 Å². The number of benzene rings is 3. The van der Waals surface area contributed by atoms with Crippen LogP contribution in [-0.2, 0) is 9.53 Å². The van der Waals surface area contributed by atoms with E-state index in [4.69, 9.17) is 9.73 Å². The van der Waals surface area contributed by atoms with Crippen molar-refractivity contribution < 1.29 is 19.4 Å². The molecule has 9 heteroatoms. The number of carbonyl (C=O) groups excluding carboxylic acids is 2. The second-order valence-corrected chi connectivity index (χ2v) is 11.0. The van der Waals surface area contributed by atoms with Crippen molar-refractivity contribution in [3.63, 3.8) is 0 Å². The molecule has 2 saturated heterocycles. The first-order valence-corrected chi connectivity index (χ1v) is 14.3. The molecule has 2 aliphatic heterocycles. The Morgan fingerprint density at radius 2 is 1.74 bits per heavy atom. The molecule has 216 valence electrons. The molecule has 3 heterocycles. The number of methoxy groups -OCH3 is 1. The molecule has 3 aromatic carbocycles. The average Bonchev–Trinajstić information content (AvgIpc) is 3.54. The number of fused-ring (bicyclic) bond motifs is 1. The van der Waals surface area contributed by atoms with E-state index in [1.807, 2.05) is 59.5 Å². The van der Waals surface area contributed by atoms with Crippen molar-refractivity contribution in [2.24, 2.45) is 4.99 Å². The van der Waals surface area contributed by atoms with E-state index in [1.165, 1.54) is 7.11 Å². The summed E-state index contributed by atoms with van der Waals surface area (Å²) in [6.45, 7) is 5.03. The summed E-state index contributed by atoms with van der Waals surface area (Å²) in [4.78, 5) is 39.7. The number of hydrogen-bond donors (Lipinski definition) is 2. The van der Waals surface area contributed by atoms with Crippen LogP contribution >= 0.6 is 0 Å². The number of ether oxygens (including phenoxy) is 1. The lowest BCUT2D eigenvalue weighted by Gasteiger charge is -2.36. The highest BCUT2D eigenvalue weighted by Crippen LogP contribution is 2.34. The van der Waals surface area contributed by atoms with Gasteiger partial charge in [-0.3, -0.25) is 9.69 Å². The molecular formula is C33H35N5O4. The van der Waals surface area contributed by atoms with Crippen LogP contribution in [0.3, 0.4) is 0 Å².